The van der Waals surface area contributed by atoms with Gasteiger partial charge in [-0.3, -0.25) is 0 Å². The van der Waals surface area contributed by atoms with E-state index < -0.39 is 17.2 Å². The molecular formula is C10H6ClF3N4S. The highest BCUT2D eigenvalue weighted by Gasteiger charge is 2.33. The van der Waals surface area contributed by atoms with Crippen molar-refractivity contribution in [2.75, 3.05) is 0 Å². The van der Waals surface area contributed by atoms with Crippen molar-refractivity contribution >= 4 is 23.4 Å². The number of nitrogens with zero attached hydrogens (tertiary/aromatic N) is 4. The summed E-state index contributed by atoms with van der Waals surface area (Å²) < 4.78 is 37.7. The lowest BCUT2D eigenvalue weighted by atomic mass is 10.4. The fourth-order valence-electron chi connectivity index (χ4n) is 1.16. The molecule has 0 aliphatic rings. The normalized spacial score (nSPS) is 11.6. The van der Waals surface area contributed by atoms with Gasteiger partial charge in [0.15, 0.2) is 10.9 Å². The number of hydrogen-bond acceptors (Lipinski definition) is 5. The number of aromatic nitrogens is 4. The summed E-state index contributed by atoms with van der Waals surface area (Å²) in [5.41, 5.74) is -0.392. The largest absolute Gasteiger partial charge is 0.433 e. The van der Waals surface area contributed by atoms with Crippen LogP contribution in [-0.2, 0) is 6.18 Å². The van der Waals surface area contributed by atoms with E-state index in [4.69, 9.17) is 11.6 Å². The molecule has 0 aromatic carbocycles. The Hall–Kier alpha value is -1.41. The zero-order valence-electron chi connectivity index (χ0n) is 9.44. The van der Waals surface area contributed by atoms with Crippen molar-refractivity contribution in [3.8, 4) is 0 Å². The number of halogens is 4. The fraction of sp³-hybridized carbons (Fsp3) is 0.200. The molecule has 0 aliphatic heterocycles. The second-order valence-electron chi connectivity index (χ2n) is 3.44. The van der Waals surface area contributed by atoms with Crippen LogP contribution in [0, 0.1) is 6.92 Å². The molecular weight excluding hydrogens is 301 g/mol. The van der Waals surface area contributed by atoms with Crippen LogP contribution in [0.2, 0.25) is 5.28 Å². The van der Waals surface area contributed by atoms with E-state index in [0.29, 0.717) is 10.9 Å². The SMILES string of the molecule is Cc1ccnc(Sc2cc(C(F)(F)F)nc(Cl)n2)n1. The molecule has 0 saturated carbocycles. The van der Waals surface area contributed by atoms with E-state index in [0.717, 1.165) is 17.8 Å². The summed E-state index contributed by atoms with van der Waals surface area (Å²) in [5, 5.41) is -0.134. The minimum absolute atomic E-state index is 0.0397. The van der Waals surface area contributed by atoms with Gasteiger partial charge in [-0.2, -0.15) is 13.2 Å². The minimum atomic E-state index is -4.57. The summed E-state index contributed by atoms with van der Waals surface area (Å²) in [4.78, 5) is 14.8. The lowest BCUT2D eigenvalue weighted by Crippen LogP contribution is -2.09. The van der Waals surface area contributed by atoms with Gasteiger partial charge >= 0.3 is 6.18 Å². The summed E-state index contributed by atoms with van der Waals surface area (Å²) in [6.07, 6.45) is -3.06. The summed E-state index contributed by atoms with van der Waals surface area (Å²) in [6.45, 7) is 1.75. The van der Waals surface area contributed by atoms with Gasteiger partial charge in [0.1, 0.15) is 5.03 Å². The number of alkyl halides is 3. The molecule has 19 heavy (non-hydrogen) atoms. The summed E-state index contributed by atoms with van der Waals surface area (Å²) in [7, 11) is 0. The zero-order valence-corrected chi connectivity index (χ0v) is 11.0. The molecule has 0 saturated heterocycles. The molecule has 0 aliphatic carbocycles. The highest BCUT2D eigenvalue weighted by Crippen LogP contribution is 2.32. The van der Waals surface area contributed by atoms with Gasteiger partial charge < -0.3 is 0 Å². The Bertz CT molecular complexity index is 606. The van der Waals surface area contributed by atoms with Crippen LogP contribution in [-0.4, -0.2) is 19.9 Å². The maximum atomic E-state index is 12.6. The van der Waals surface area contributed by atoms with E-state index in [9.17, 15) is 13.2 Å². The third-order valence-electron chi connectivity index (χ3n) is 1.93. The summed E-state index contributed by atoms with van der Waals surface area (Å²) in [6, 6.07) is 2.49. The van der Waals surface area contributed by atoms with Crippen LogP contribution in [0.5, 0.6) is 0 Å². The van der Waals surface area contributed by atoms with Gasteiger partial charge in [-0.15, -0.1) is 0 Å². The quantitative estimate of drug-likeness (QED) is 0.629. The van der Waals surface area contributed by atoms with Crippen LogP contribution in [0.1, 0.15) is 11.4 Å². The topological polar surface area (TPSA) is 51.6 Å². The maximum absolute atomic E-state index is 12.6. The second-order valence-corrected chi connectivity index (χ2v) is 4.77. The summed E-state index contributed by atoms with van der Waals surface area (Å²) in [5.74, 6) is 0. The molecule has 0 spiro atoms. The van der Waals surface area contributed by atoms with E-state index in [2.05, 4.69) is 19.9 Å². The Labute approximate surface area is 115 Å². The Kier molecular flexibility index (Phi) is 3.91. The van der Waals surface area contributed by atoms with Gasteiger partial charge in [-0.05, 0) is 36.4 Å². The highest BCUT2D eigenvalue weighted by atomic mass is 35.5. The summed E-state index contributed by atoms with van der Waals surface area (Å²) >= 11 is 6.37. The van der Waals surface area contributed by atoms with Crippen LogP contribution in [0.15, 0.2) is 28.5 Å². The van der Waals surface area contributed by atoms with Gasteiger partial charge in [0.25, 0.3) is 0 Å². The molecule has 4 nitrogen and oxygen atoms in total. The van der Waals surface area contributed by atoms with Crippen LogP contribution in [0.4, 0.5) is 13.2 Å². The molecule has 0 atom stereocenters. The first-order valence-electron chi connectivity index (χ1n) is 4.94. The standard InChI is InChI=1S/C10H6ClF3N4S/c1-5-2-3-15-9(16-5)19-7-4-6(10(12,13)14)17-8(11)18-7/h2-4H,1H3. The van der Waals surface area contributed by atoms with Crippen molar-refractivity contribution in [2.45, 2.75) is 23.3 Å². The van der Waals surface area contributed by atoms with Crippen LogP contribution in [0.3, 0.4) is 0 Å². The molecule has 9 heteroatoms. The Morgan fingerprint density at radius 2 is 1.95 bits per heavy atom. The first kappa shape index (κ1) is 14.0. The van der Waals surface area contributed by atoms with Crippen LogP contribution in [0.25, 0.3) is 0 Å². The third kappa shape index (κ3) is 3.77. The van der Waals surface area contributed by atoms with Crippen molar-refractivity contribution in [1.82, 2.24) is 19.9 Å². The Morgan fingerprint density at radius 3 is 2.58 bits per heavy atom. The monoisotopic (exact) mass is 306 g/mol. The van der Waals surface area contributed by atoms with Crippen LogP contribution >= 0.6 is 23.4 Å². The average molecular weight is 307 g/mol. The van der Waals surface area contributed by atoms with E-state index >= 15 is 0 Å². The molecule has 0 unspecified atom stereocenters. The van der Waals surface area contributed by atoms with Crippen molar-refractivity contribution in [3.05, 3.63) is 35.0 Å². The predicted octanol–water partition coefficient (Wildman–Crippen LogP) is 3.40. The molecule has 2 aromatic heterocycles. The van der Waals surface area contributed by atoms with Gasteiger partial charge in [0.2, 0.25) is 5.28 Å². The smallest absolute Gasteiger partial charge is 0.231 e. The van der Waals surface area contributed by atoms with Gasteiger partial charge in [-0.25, -0.2) is 19.9 Å². The van der Waals surface area contributed by atoms with Gasteiger partial charge in [-0.1, -0.05) is 0 Å². The van der Waals surface area contributed by atoms with Crippen molar-refractivity contribution < 1.29 is 13.2 Å². The number of aryl methyl sites for hydroxylation is 1. The van der Waals surface area contributed by atoms with Crippen molar-refractivity contribution in [3.63, 3.8) is 0 Å². The molecule has 2 heterocycles. The maximum Gasteiger partial charge on any atom is 0.433 e. The fourth-order valence-corrected chi connectivity index (χ4v) is 2.19. The lowest BCUT2D eigenvalue weighted by Gasteiger charge is -2.07. The molecule has 100 valence electrons. The molecule has 2 rings (SSSR count). The number of hydrogen-bond donors (Lipinski definition) is 0. The Morgan fingerprint density at radius 1 is 1.21 bits per heavy atom. The predicted molar refractivity (Wildman–Crippen MR) is 62.9 cm³/mol. The minimum Gasteiger partial charge on any atom is -0.231 e. The average Bonchev–Trinajstić information content (AvgIpc) is 2.26. The van der Waals surface area contributed by atoms with Crippen LogP contribution < -0.4 is 0 Å². The Balaban J connectivity index is 2.33. The number of rotatable bonds is 2. The second kappa shape index (κ2) is 5.30. The molecule has 0 fully saturated rings. The van der Waals surface area contributed by atoms with Gasteiger partial charge in [0, 0.05) is 18.0 Å². The van der Waals surface area contributed by atoms with Gasteiger partial charge in [0.05, 0.1) is 0 Å². The molecule has 0 amide bonds. The highest BCUT2D eigenvalue weighted by molar-refractivity contribution is 7.99. The van der Waals surface area contributed by atoms with E-state index in [-0.39, 0.29) is 5.03 Å². The van der Waals surface area contributed by atoms with E-state index in [1.54, 1.807) is 13.0 Å². The van der Waals surface area contributed by atoms with E-state index in [1.807, 2.05) is 0 Å². The molecule has 2 aromatic rings. The third-order valence-corrected chi connectivity index (χ3v) is 2.90. The molecule has 0 radical (unpaired) electrons. The lowest BCUT2D eigenvalue weighted by molar-refractivity contribution is -0.141. The van der Waals surface area contributed by atoms with Crippen molar-refractivity contribution in [2.24, 2.45) is 0 Å². The molecule has 0 bridgehead atoms. The first-order valence-corrected chi connectivity index (χ1v) is 6.13. The first-order chi connectivity index (χ1) is 8.84. The van der Waals surface area contributed by atoms with E-state index in [1.165, 1.54) is 6.20 Å². The van der Waals surface area contributed by atoms with Crippen molar-refractivity contribution in [1.29, 1.82) is 0 Å². The zero-order chi connectivity index (χ0) is 14.0. The molecule has 0 N–H and O–H groups in total.